The van der Waals surface area contributed by atoms with E-state index < -0.39 is 6.10 Å². The molecule has 2 aliphatic rings. The van der Waals surface area contributed by atoms with Gasteiger partial charge in [0.25, 0.3) is 5.91 Å². The maximum Gasteiger partial charge on any atom is 0.258 e. The van der Waals surface area contributed by atoms with Gasteiger partial charge in [-0.1, -0.05) is 31.4 Å². The van der Waals surface area contributed by atoms with Crippen molar-refractivity contribution in [2.45, 2.75) is 44.2 Å². The molecule has 24 heavy (non-hydrogen) atoms. The second-order valence-corrected chi connectivity index (χ2v) is 6.51. The van der Waals surface area contributed by atoms with Crippen LogP contribution in [0.4, 0.5) is 5.95 Å². The number of amides is 1. The van der Waals surface area contributed by atoms with E-state index in [1.807, 2.05) is 18.2 Å². The van der Waals surface area contributed by atoms with Crippen LogP contribution >= 0.6 is 0 Å². The van der Waals surface area contributed by atoms with Crippen molar-refractivity contribution >= 4 is 22.9 Å². The summed E-state index contributed by atoms with van der Waals surface area (Å²) in [6.07, 6.45) is 5.45. The number of hydrogen-bond donors (Lipinski definition) is 1. The number of ether oxygens (including phenoxy) is 2. The molecule has 1 atom stereocenters. The number of fused-ring (bicyclic) bond motifs is 1. The van der Waals surface area contributed by atoms with Crippen LogP contribution in [0.3, 0.4) is 0 Å². The molecule has 1 amide bonds. The molecule has 1 saturated carbocycles. The average molecular weight is 329 g/mol. The Balaban J connectivity index is 1.64. The number of nitrogens with zero attached hydrogens (tertiary/aromatic N) is 2. The molecule has 2 fully saturated rings. The Labute approximate surface area is 141 Å². The number of hydrogen-bond acceptors (Lipinski definition) is 4. The number of carbonyl (C=O) groups is 1. The molecule has 2 heterocycles. The van der Waals surface area contributed by atoms with Gasteiger partial charge in [-0.25, -0.2) is 4.98 Å². The van der Waals surface area contributed by atoms with E-state index in [0.29, 0.717) is 31.8 Å². The SMILES string of the molecule is O=C(Nc1nc2ccccc2n1C1CCCCC1)[C@H]1COCCO1. The van der Waals surface area contributed by atoms with Gasteiger partial charge in [-0.05, 0) is 25.0 Å². The van der Waals surface area contributed by atoms with Crippen LogP contribution in [0.25, 0.3) is 11.0 Å². The minimum absolute atomic E-state index is 0.179. The standard InChI is InChI=1S/C18H23N3O3/c22-17(16-12-23-10-11-24-16)20-18-19-14-8-4-5-9-15(14)21(18)13-6-2-1-3-7-13/h4-5,8-9,13,16H,1-3,6-7,10-12H2,(H,19,20,22)/t16-/m1/s1. The zero-order valence-corrected chi connectivity index (χ0v) is 13.7. The van der Waals surface area contributed by atoms with E-state index in [-0.39, 0.29) is 5.91 Å². The minimum Gasteiger partial charge on any atom is -0.376 e. The van der Waals surface area contributed by atoms with E-state index >= 15 is 0 Å². The fourth-order valence-corrected chi connectivity index (χ4v) is 3.67. The van der Waals surface area contributed by atoms with Crippen LogP contribution in [0.5, 0.6) is 0 Å². The van der Waals surface area contributed by atoms with E-state index in [0.717, 1.165) is 23.9 Å². The van der Waals surface area contributed by atoms with Crippen LogP contribution in [-0.4, -0.2) is 41.4 Å². The van der Waals surface area contributed by atoms with Gasteiger partial charge in [0.15, 0.2) is 6.10 Å². The van der Waals surface area contributed by atoms with Gasteiger partial charge in [0.2, 0.25) is 5.95 Å². The van der Waals surface area contributed by atoms with Gasteiger partial charge in [0.1, 0.15) is 0 Å². The highest BCUT2D eigenvalue weighted by Crippen LogP contribution is 2.34. The molecular formula is C18H23N3O3. The third-order valence-corrected chi connectivity index (χ3v) is 4.88. The van der Waals surface area contributed by atoms with E-state index in [9.17, 15) is 4.79 Å². The largest absolute Gasteiger partial charge is 0.376 e. The fourth-order valence-electron chi connectivity index (χ4n) is 3.67. The number of rotatable bonds is 3. The first kappa shape index (κ1) is 15.6. The molecule has 1 aromatic heterocycles. The summed E-state index contributed by atoms with van der Waals surface area (Å²) < 4.78 is 13.0. The van der Waals surface area contributed by atoms with Crippen LogP contribution in [0.1, 0.15) is 38.1 Å². The van der Waals surface area contributed by atoms with Gasteiger partial charge in [0, 0.05) is 6.04 Å². The van der Waals surface area contributed by atoms with E-state index in [2.05, 4.69) is 20.9 Å². The van der Waals surface area contributed by atoms with Gasteiger partial charge in [-0.2, -0.15) is 0 Å². The molecule has 1 N–H and O–H groups in total. The Bertz CT molecular complexity index is 715. The summed E-state index contributed by atoms with van der Waals surface area (Å²) in [4.78, 5) is 17.2. The number of nitrogens with one attached hydrogen (secondary N) is 1. The number of para-hydroxylation sites is 2. The van der Waals surface area contributed by atoms with Crippen LogP contribution < -0.4 is 5.32 Å². The number of carbonyl (C=O) groups excluding carboxylic acids is 1. The van der Waals surface area contributed by atoms with Crippen molar-refractivity contribution in [3.63, 3.8) is 0 Å². The summed E-state index contributed by atoms with van der Waals surface area (Å²) in [5, 5.41) is 2.97. The number of anilines is 1. The van der Waals surface area contributed by atoms with Crippen molar-refractivity contribution in [3.8, 4) is 0 Å². The molecule has 0 bridgehead atoms. The lowest BCUT2D eigenvalue weighted by atomic mass is 9.95. The van der Waals surface area contributed by atoms with Crippen molar-refractivity contribution < 1.29 is 14.3 Å². The molecule has 6 nitrogen and oxygen atoms in total. The lowest BCUT2D eigenvalue weighted by molar-refractivity contribution is -0.142. The number of aromatic nitrogens is 2. The third-order valence-electron chi connectivity index (χ3n) is 4.88. The molecule has 1 aliphatic heterocycles. The zero-order valence-electron chi connectivity index (χ0n) is 13.7. The lowest BCUT2D eigenvalue weighted by Crippen LogP contribution is -2.39. The fraction of sp³-hybridized carbons (Fsp3) is 0.556. The molecule has 0 unspecified atom stereocenters. The zero-order chi connectivity index (χ0) is 16.4. The van der Waals surface area contributed by atoms with E-state index in [4.69, 9.17) is 9.47 Å². The Morgan fingerprint density at radius 2 is 2.00 bits per heavy atom. The van der Waals surface area contributed by atoms with Crippen LogP contribution in [0.15, 0.2) is 24.3 Å². The maximum absolute atomic E-state index is 12.5. The van der Waals surface area contributed by atoms with Crippen LogP contribution in [0.2, 0.25) is 0 Å². The quantitative estimate of drug-likeness (QED) is 0.940. The third kappa shape index (κ3) is 3.03. The smallest absolute Gasteiger partial charge is 0.258 e. The molecule has 1 aromatic carbocycles. The number of imidazole rings is 1. The van der Waals surface area contributed by atoms with Crippen molar-refractivity contribution in [3.05, 3.63) is 24.3 Å². The van der Waals surface area contributed by atoms with Gasteiger partial charge < -0.3 is 14.0 Å². The van der Waals surface area contributed by atoms with Crippen LogP contribution in [-0.2, 0) is 14.3 Å². The summed E-state index contributed by atoms with van der Waals surface area (Å²) in [6.45, 7) is 1.30. The predicted octanol–water partition coefficient (Wildman–Crippen LogP) is 2.90. The van der Waals surface area contributed by atoms with Gasteiger partial charge >= 0.3 is 0 Å². The molecule has 0 spiro atoms. The molecule has 0 radical (unpaired) electrons. The Kier molecular flexibility index (Phi) is 4.49. The molecule has 4 rings (SSSR count). The molecular weight excluding hydrogens is 306 g/mol. The first-order chi connectivity index (χ1) is 11.8. The Morgan fingerprint density at radius 1 is 1.17 bits per heavy atom. The topological polar surface area (TPSA) is 65.4 Å². The Hall–Kier alpha value is -1.92. The van der Waals surface area contributed by atoms with Crippen LogP contribution in [0, 0.1) is 0 Å². The van der Waals surface area contributed by atoms with E-state index in [1.165, 1.54) is 19.3 Å². The monoisotopic (exact) mass is 329 g/mol. The minimum atomic E-state index is -0.557. The lowest BCUT2D eigenvalue weighted by Gasteiger charge is -2.26. The first-order valence-corrected chi connectivity index (χ1v) is 8.80. The van der Waals surface area contributed by atoms with Gasteiger partial charge in [-0.3, -0.25) is 10.1 Å². The summed E-state index contributed by atoms with van der Waals surface area (Å²) in [5.74, 6) is 0.448. The molecule has 6 heteroatoms. The predicted molar refractivity (Wildman–Crippen MR) is 91.0 cm³/mol. The molecule has 1 saturated heterocycles. The summed E-state index contributed by atoms with van der Waals surface area (Å²) >= 11 is 0. The maximum atomic E-state index is 12.5. The highest BCUT2D eigenvalue weighted by Gasteiger charge is 2.27. The second kappa shape index (κ2) is 6.91. The van der Waals surface area contributed by atoms with Crippen molar-refractivity contribution in [2.75, 3.05) is 25.1 Å². The molecule has 2 aromatic rings. The number of benzene rings is 1. The highest BCUT2D eigenvalue weighted by molar-refractivity contribution is 5.94. The summed E-state index contributed by atoms with van der Waals surface area (Å²) in [6, 6.07) is 8.46. The Morgan fingerprint density at radius 3 is 2.79 bits per heavy atom. The summed E-state index contributed by atoms with van der Waals surface area (Å²) in [7, 11) is 0. The van der Waals surface area contributed by atoms with Crippen molar-refractivity contribution in [1.82, 2.24) is 9.55 Å². The normalized spacial score (nSPS) is 22.6. The summed E-state index contributed by atoms with van der Waals surface area (Å²) in [5.41, 5.74) is 2.00. The second-order valence-electron chi connectivity index (χ2n) is 6.51. The average Bonchev–Trinajstić information content (AvgIpc) is 3.01. The highest BCUT2D eigenvalue weighted by atomic mass is 16.6. The molecule has 1 aliphatic carbocycles. The van der Waals surface area contributed by atoms with Crippen molar-refractivity contribution in [1.29, 1.82) is 0 Å². The van der Waals surface area contributed by atoms with E-state index in [1.54, 1.807) is 0 Å². The van der Waals surface area contributed by atoms with Gasteiger partial charge in [0.05, 0.1) is 30.9 Å². The van der Waals surface area contributed by atoms with Gasteiger partial charge in [-0.15, -0.1) is 0 Å². The first-order valence-electron chi connectivity index (χ1n) is 8.80. The molecule has 128 valence electrons. The van der Waals surface area contributed by atoms with Crippen molar-refractivity contribution in [2.24, 2.45) is 0 Å².